The Morgan fingerprint density at radius 3 is 2.68 bits per heavy atom. The van der Waals surface area contributed by atoms with Gasteiger partial charge in [0.1, 0.15) is 0 Å². The SMILES string of the molecule is CC(=O)Nc1ccc(NCc2cccn2C)cc1C. The van der Waals surface area contributed by atoms with Crippen LogP contribution in [0.15, 0.2) is 36.5 Å². The Bertz CT molecular complexity index is 587. The van der Waals surface area contributed by atoms with Gasteiger partial charge in [0.25, 0.3) is 0 Å². The van der Waals surface area contributed by atoms with Crippen LogP contribution in [0, 0.1) is 6.92 Å². The molecule has 0 bridgehead atoms. The third-order valence-electron chi connectivity index (χ3n) is 3.06. The lowest BCUT2D eigenvalue weighted by molar-refractivity contribution is -0.114. The molecule has 0 aliphatic heterocycles. The van der Waals surface area contributed by atoms with Crippen molar-refractivity contribution in [1.82, 2.24) is 4.57 Å². The number of aromatic nitrogens is 1. The third-order valence-corrected chi connectivity index (χ3v) is 3.06. The van der Waals surface area contributed by atoms with Crippen LogP contribution in [0.25, 0.3) is 0 Å². The fourth-order valence-corrected chi connectivity index (χ4v) is 1.98. The standard InChI is InChI=1S/C15H19N3O/c1-11-9-13(6-7-15(11)17-12(2)19)16-10-14-5-4-8-18(14)3/h4-9,16H,10H2,1-3H3,(H,17,19). The minimum atomic E-state index is -0.0485. The zero-order valence-electron chi connectivity index (χ0n) is 11.5. The van der Waals surface area contributed by atoms with Gasteiger partial charge in [-0.2, -0.15) is 0 Å². The largest absolute Gasteiger partial charge is 0.379 e. The van der Waals surface area contributed by atoms with Crippen LogP contribution < -0.4 is 10.6 Å². The molecule has 4 nitrogen and oxygen atoms in total. The van der Waals surface area contributed by atoms with Gasteiger partial charge in [0.05, 0.1) is 6.54 Å². The van der Waals surface area contributed by atoms with E-state index in [1.165, 1.54) is 12.6 Å². The number of aryl methyl sites for hydroxylation is 2. The van der Waals surface area contributed by atoms with Gasteiger partial charge in [-0.25, -0.2) is 0 Å². The lowest BCUT2D eigenvalue weighted by Crippen LogP contribution is -2.08. The monoisotopic (exact) mass is 257 g/mol. The molecule has 2 rings (SSSR count). The molecule has 0 saturated heterocycles. The first-order valence-electron chi connectivity index (χ1n) is 6.28. The number of nitrogens with zero attached hydrogens (tertiary/aromatic N) is 1. The number of carbonyl (C=O) groups is 1. The molecular weight excluding hydrogens is 238 g/mol. The number of benzene rings is 1. The number of rotatable bonds is 4. The maximum Gasteiger partial charge on any atom is 0.221 e. The van der Waals surface area contributed by atoms with Crippen LogP contribution >= 0.6 is 0 Å². The Kier molecular flexibility index (Phi) is 3.90. The lowest BCUT2D eigenvalue weighted by Gasteiger charge is -2.11. The average Bonchev–Trinajstić information content (AvgIpc) is 2.75. The summed E-state index contributed by atoms with van der Waals surface area (Å²) in [6, 6.07) is 10.0. The van der Waals surface area contributed by atoms with E-state index in [2.05, 4.69) is 21.3 Å². The molecule has 1 aromatic heterocycles. The molecule has 100 valence electrons. The fraction of sp³-hybridized carbons (Fsp3) is 0.267. The molecule has 0 atom stereocenters. The van der Waals surface area contributed by atoms with E-state index in [4.69, 9.17) is 0 Å². The highest BCUT2D eigenvalue weighted by molar-refractivity contribution is 5.89. The van der Waals surface area contributed by atoms with E-state index in [0.29, 0.717) is 0 Å². The molecule has 0 spiro atoms. The first-order chi connectivity index (χ1) is 9.06. The van der Waals surface area contributed by atoms with Crippen molar-refractivity contribution in [3.8, 4) is 0 Å². The highest BCUT2D eigenvalue weighted by Gasteiger charge is 2.02. The van der Waals surface area contributed by atoms with Gasteiger partial charge in [0.2, 0.25) is 5.91 Å². The first-order valence-corrected chi connectivity index (χ1v) is 6.28. The molecule has 2 aromatic rings. The summed E-state index contributed by atoms with van der Waals surface area (Å²) in [5, 5.41) is 6.18. The van der Waals surface area contributed by atoms with Crippen LogP contribution in [0.4, 0.5) is 11.4 Å². The van der Waals surface area contributed by atoms with Crippen LogP contribution in [0.3, 0.4) is 0 Å². The summed E-state index contributed by atoms with van der Waals surface area (Å²) in [4.78, 5) is 11.0. The summed E-state index contributed by atoms with van der Waals surface area (Å²) in [5.74, 6) is -0.0485. The Balaban J connectivity index is 2.04. The van der Waals surface area contributed by atoms with Crippen molar-refractivity contribution in [2.45, 2.75) is 20.4 Å². The molecule has 0 saturated carbocycles. The Morgan fingerprint density at radius 2 is 2.11 bits per heavy atom. The van der Waals surface area contributed by atoms with Gasteiger partial charge in [0.15, 0.2) is 0 Å². The zero-order valence-corrected chi connectivity index (χ0v) is 11.5. The van der Waals surface area contributed by atoms with Crippen molar-refractivity contribution in [2.24, 2.45) is 7.05 Å². The molecule has 1 amide bonds. The van der Waals surface area contributed by atoms with Crippen molar-refractivity contribution < 1.29 is 4.79 Å². The number of amides is 1. The van der Waals surface area contributed by atoms with Crippen LogP contribution in [-0.2, 0) is 18.4 Å². The summed E-state index contributed by atoms with van der Waals surface area (Å²) in [7, 11) is 2.03. The number of carbonyl (C=O) groups excluding carboxylic acids is 1. The minimum Gasteiger partial charge on any atom is -0.379 e. The Hall–Kier alpha value is -2.23. The number of nitrogens with one attached hydrogen (secondary N) is 2. The van der Waals surface area contributed by atoms with Gasteiger partial charge in [-0.3, -0.25) is 4.79 Å². The van der Waals surface area contributed by atoms with E-state index in [1.54, 1.807) is 0 Å². The van der Waals surface area contributed by atoms with Crippen LogP contribution in [-0.4, -0.2) is 10.5 Å². The summed E-state index contributed by atoms with van der Waals surface area (Å²) in [5.41, 5.74) is 4.18. The number of hydrogen-bond acceptors (Lipinski definition) is 2. The smallest absolute Gasteiger partial charge is 0.221 e. The summed E-state index contributed by atoms with van der Waals surface area (Å²) >= 11 is 0. The second kappa shape index (κ2) is 5.61. The molecule has 0 unspecified atom stereocenters. The third kappa shape index (κ3) is 3.37. The highest BCUT2D eigenvalue weighted by atomic mass is 16.1. The van der Waals surface area contributed by atoms with Gasteiger partial charge >= 0.3 is 0 Å². The van der Waals surface area contributed by atoms with Crippen LogP contribution in [0.2, 0.25) is 0 Å². The summed E-state index contributed by atoms with van der Waals surface area (Å²) in [6.45, 7) is 4.28. The van der Waals surface area contributed by atoms with Gasteiger partial charge in [-0.1, -0.05) is 0 Å². The Morgan fingerprint density at radius 1 is 1.32 bits per heavy atom. The maximum absolute atomic E-state index is 11.0. The Labute approximate surface area is 113 Å². The zero-order chi connectivity index (χ0) is 13.8. The molecule has 0 aliphatic carbocycles. The normalized spacial score (nSPS) is 10.3. The highest BCUT2D eigenvalue weighted by Crippen LogP contribution is 2.20. The van der Waals surface area contributed by atoms with E-state index in [0.717, 1.165) is 23.5 Å². The molecule has 0 fully saturated rings. The predicted octanol–water partition coefficient (Wildman–Crippen LogP) is 2.90. The van der Waals surface area contributed by atoms with Crippen LogP contribution in [0.1, 0.15) is 18.2 Å². The van der Waals surface area contributed by atoms with Crippen molar-refractivity contribution in [3.05, 3.63) is 47.8 Å². The van der Waals surface area contributed by atoms with Crippen molar-refractivity contribution >= 4 is 17.3 Å². The predicted molar refractivity (Wildman–Crippen MR) is 78.2 cm³/mol. The van der Waals surface area contributed by atoms with Gasteiger partial charge in [-0.15, -0.1) is 0 Å². The van der Waals surface area contributed by atoms with Crippen molar-refractivity contribution in [1.29, 1.82) is 0 Å². The van der Waals surface area contributed by atoms with Crippen molar-refractivity contribution in [2.75, 3.05) is 10.6 Å². The molecule has 0 aliphatic rings. The quantitative estimate of drug-likeness (QED) is 0.884. The summed E-state index contributed by atoms with van der Waals surface area (Å²) in [6.07, 6.45) is 2.03. The molecular formula is C15H19N3O. The molecule has 4 heteroatoms. The van der Waals surface area contributed by atoms with Gasteiger partial charge < -0.3 is 15.2 Å². The lowest BCUT2D eigenvalue weighted by atomic mass is 10.1. The molecule has 2 N–H and O–H groups in total. The molecule has 1 aromatic carbocycles. The first kappa shape index (κ1) is 13.2. The van der Waals surface area contributed by atoms with Crippen LogP contribution in [0.5, 0.6) is 0 Å². The number of hydrogen-bond donors (Lipinski definition) is 2. The second-order valence-electron chi connectivity index (χ2n) is 4.67. The van der Waals surface area contributed by atoms with E-state index in [9.17, 15) is 4.79 Å². The number of anilines is 2. The van der Waals surface area contributed by atoms with Gasteiger partial charge in [-0.05, 0) is 42.8 Å². The summed E-state index contributed by atoms with van der Waals surface area (Å²) < 4.78 is 2.09. The molecule has 1 heterocycles. The average molecular weight is 257 g/mol. The second-order valence-corrected chi connectivity index (χ2v) is 4.67. The van der Waals surface area contributed by atoms with E-state index in [1.807, 2.05) is 44.4 Å². The van der Waals surface area contributed by atoms with E-state index in [-0.39, 0.29) is 5.91 Å². The molecule has 19 heavy (non-hydrogen) atoms. The van der Waals surface area contributed by atoms with E-state index >= 15 is 0 Å². The van der Waals surface area contributed by atoms with E-state index < -0.39 is 0 Å². The fourth-order valence-electron chi connectivity index (χ4n) is 1.98. The maximum atomic E-state index is 11.0. The molecule has 0 radical (unpaired) electrons. The van der Waals surface area contributed by atoms with Gasteiger partial charge in [0, 0.05) is 37.2 Å². The topological polar surface area (TPSA) is 46.1 Å². The minimum absolute atomic E-state index is 0.0485. The van der Waals surface area contributed by atoms with Crippen molar-refractivity contribution in [3.63, 3.8) is 0 Å².